The zero-order valence-electron chi connectivity index (χ0n) is 9.56. The molecule has 4 heteroatoms. The molecular formula is C13H17BNO2. The smallest absolute Gasteiger partial charge is 0.191 e. The number of nitrogens with two attached hydrogens (primary N) is 1. The summed E-state index contributed by atoms with van der Waals surface area (Å²) in [6.07, 6.45) is 0. The van der Waals surface area contributed by atoms with E-state index in [9.17, 15) is 0 Å². The highest BCUT2D eigenvalue weighted by Crippen LogP contribution is 1.94. The highest BCUT2D eigenvalue weighted by atomic mass is 16.0. The molecule has 1 radical (unpaired) electrons. The Hall–Kier alpha value is -1.62. The van der Waals surface area contributed by atoms with Crippen LogP contribution in [0, 0.1) is 0 Å². The Balaban J connectivity index is 0.00000128. The van der Waals surface area contributed by atoms with E-state index in [-0.39, 0.29) is 11.0 Å². The zero-order valence-corrected chi connectivity index (χ0v) is 9.56. The molecular weight excluding hydrogens is 213 g/mol. The van der Waals surface area contributed by atoms with Gasteiger partial charge in [0.2, 0.25) is 0 Å². The lowest BCUT2D eigenvalue weighted by atomic mass is 9.64. The van der Waals surface area contributed by atoms with E-state index in [0.717, 1.165) is 0 Å². The normalized spacial score (nSPS) is 8.76. The molecule has 17 heavy (non-hydrogen) atoms. The van der Waals surface area contributed by atoms with Crippen molar-refractivity contribution in [1.29, 1.82) is 0 Å². The lowest BCUT2D eigenvalue weighted by molar-refractivity contribution is 0.823. The molecule has 0 heterocycles. The van der Waals surface area contributed by atoms with Gasteiger partial charge in [0.25, 0.3) is 0 Å². The van der Waals surface area contributed by atoms with Gasteiger partial charge in [-0.25, -0.2) is 0 Å². The first-order valence-electron chi connectivity index (χ1n) is 5.07. The molecule has 6 N–H and O–H groups in total. The van der Waals surface area contributed by atoms with E-state index < -0.39 is 0 Å². The van der Waals surface area contributed by atoms with Gasteiger partial charge < -0.3 is 16.7 Å². The molecule has 0 bridgehead atoms. The van der Waals surface area contributed by atoms with Gasteiger partial charge in [-0.2, -0.15) is 0 Å². The summed E-state index contributed by atoms with van der Waals surface area (Å²) in [5, 5.41) is 0. The van der Waals surface area contributed by atoms with Gasteiger partial charge in [0.15, 0.2) is 7.28 Å². The summed E-state index contributed by atoms with van der Waals surface area (Å²) >= 11 is 0. The van der Waals surface area contributed by atoms with Crippen molar-refractivity contribution in [2.24, 2.45) is 5.73 Å². The maximum atomic E-state index is 5.54. The van der Waals surface area contributed by atoms with Crippen LogP contribution in [0.15, 0.2) is 54.6 Å². The first-order valence-corrected chi connectivity index (χ1v) is 5.07. The van der Waals surface area contributed by atoms with Crippen LogP contribution in [0.5, 0.6) is 0 Å². The molecule has 0 fully saturated rings. The van der Waals surface area contributed by atoms with Crippen LogP contribution in [-0.4, -0.2) is 18.2 Å². The summed E-state index contributed by atoms with van der Waals surface area (Å²) in [7, 11) is 2.15. The maximum Gasteiger partial charge on any atom is 0.191 e. The van der Waals surface area contributed by atoms with Gasteiger partial charge >= 0.3 is 0 Å². The molecule has 0 amide bonds. The summed E-state index contributed by atoms with van der Waals surface area (Å²) in [6.45, 7) is 0.603. The molecule has 0 spiro atoms. The largest absolute Gasteiger partial charge is 0.412 e. The number of hydrogen-bond donors (Lipinski definition) is 1. The topological polar surface area (TPSA) is 89.0 Å². The SMILES string of the molecule is NCc1ccc([B]c2ccccc2)cc1.O.O. The Morgan fingerprint density at radius 2 is 1.29 bits per heavy atom. The fraction of sp³-hybridized carbons (Fsp3) is 0.0769. The predicted octanol–water partition coefficient (Wildman–Crippen LogP) is -0.849. The second-order valence-electron chi connectivity index (χ2n) is 3.50. The molecule has 0 aromatic heterocycles. The minimum Gasteiger partial charge on any atom is -0.412 e. The second-order valence-corrected chi connectivity index (χ2v) is 3.50. The van der Waals surface area contributed by atoms with Gasteiger partial charge in [-0.15, -0.1) is 0 Å². The van der Waals surface area contributed by atoms with Crippen molar-refractivity contribution in [2.45, 2.75) is 6.54 Å². The Labute approximate surface area is 102 Å². The van der Waals surface area contributed by atoms with Crippen molar-refractivity contribution in [3.05, 3.63) is 60.2 Å². The molecule has 3 nitrogen and oxygen atoms in total. The zero-order chi connectivity index (χ0) is 10.5. The lowest BCUT2D eigenvalue weighted by Gasteiger charge is -2.01. The highest BCUT2D eigenvalue weighted by Gasteiger charge is 1.97. The highest BCUT2D eigenvalue weighted by molar-refractivity contribution is 6.67. The molecule has 0 atom stereocenters. The van der Waals surface area contributed by atoms with Crippen molar-refractivity contribution >= 4 is 18.2 Å². The maximum absolute atomic E-state index is 5.54. The van der Waals surface area contributed by atoms with Gasteiger partial charge in [-0.1, -0.05) is 65.5 Å². The van der Waals surface area contributed by atoms with Crippen molar-refractivity contribution in [3.63, 3.8) is 0 Å². The summed E-state index contributed by atoms with van der Waals surface area (Å²) in [5.41, 5.74) is 9.14. The van der Waals surface area contributed by atoms with Crippen LogP contribution in [0.3, 0.4) is 0 Å². The minimum absolute atomic E-state index is 0. The average Bonchev–Trinajstić information content (AvgIpc) is 2.31. The third-order valence-corrected chi connectivity index (χ3v) is 2.35. The molecule has 0 unspecified atom stereocenters. The average molecular weight is 230 g/mol. The van der Waals surface area contributed by atoms with Crippen LogP contribution in [0.1, 0.15) is 5.56 Å². The van der Waals surface area contributed by atoms with E-state index in [1.54, 1.807) is 0 Å². The van der Waals surface area contributed by atoms with Crippen LogP contribution in [0.25, 0.3) is 0 Å². The van der Waals surface area contributed by atoms with Crippen LogP contribution in [0.2, 0.25) is 0 Å². The van der Waals surface area contributed by atoms with Crippen molar-refractivity contribution in [3.8, 4) is 0 Å². The third-order valence-electron chi connectivity index (χ3n) is 2.35. The molecule has 2 aromatic rings. The quantitative estimate of drug-likeness (QED) is 0.684. The molecule has 0 aliphatic rings. The van der Waals surface area contributed by atoms with E-state index in [1.165, 1.54) is 16.5 Å². The fourth-order valence-corrected chi connectivity index (χ4v) is 1.49. The van der Waals surface area contributed by atoms with Crippen LogP contribution >= 0.6 is 0 Å². The fourth-order valence-electron chi connectivity index (χ4n) is 1.49. The van der Waals surface area contributed by atoms with Gasteiger partial charge in [-0.3, -0.25) is 0 Å². The minimum atomic E-state index is 0. The lowest BCUT2D eigenvalue weighted by Crippen LogP contribution is -2.26. The number of benzene rings is 2. The van der Waals surface area contributed by atoms with Gasteiger partial charge in [0.1, 0.15) is 0 Å². The third kappa shape index (κ3) is 4.40. The number of rotatable bonds is 3. The molecule has 89 valence electrons. The Kier molecular flexibility index (Phi) is 6.90. The molecule has 2 rings (SSSR count). The van der Waals surface area contributed by atoms with Crippen LogP contribution < -0.4 is 16.7 Å². The molecule has 0 saturated heterocycles. The summed E-state index contributed by atoms with van der Waals surface area (Å²) < 4.78 is 0. The summed E-state index contributed by atoms with van der Waals surface area (Å²) in [6, 6.07) is 18.6. The van der Waals surface area contributed by atoms with Gasteiger partial charge in [0, 0.05) is 6.54 Å². The monoisotopic (exact) mass is 230 g/mol. The summed E-state index contributed by atoms with van der Waals surface area (Å²) in [5.74, 6) is 0. The Morgan fingerprint density at radius 3 is 1.82 bits per heavy atom. The molecule has 2 aromatic carbocycles. The van der Waals surface area contributed by atoms with E-state index in [4.69, 9.17) is 5.73 Å². The molecule has 0 aliphatic carbocycles. The number of hydrogen-bond acceptors (Lipinski definition) is 1. The van der Waals surface area contributed by atoms with Crippen LogP contribution in [0.4, 0.5) is 0 Å². The molecule has 0 saturated carbocycles. The van der Waals surface area contributed by atoms with Gasteiger partial charge in [-0.05, 0) is 5.56 Å². The predicted molar refractivity (Wildman–Crippen MR) is 73.0 cm³/mol. The van der Waals surface area contributed by atoms with Crippen molar-refractivity contribution < 1.29 is 11.0 Å². The van der Waals surface area contributed by atoms with E-state index in [0.29, 0.717) is 6.54 Å². The summed E-state index contributed by atoms with van der Waals surface area (Å²) in [4.78, 5) is 0. The second kappa shape index (κ2) is 7.62. The van der Waals surface area contributed by atoms with E-state index in [1.807, 2.05) is 18.2 Å². The Bertz CT molecular complexity index is 417. The van der Waals surface area contributed by atoms with E-state index >= 15 is 0 Å². The first kappa shape index (κ1) is 15.4. The van der Waals surface area contributed by atoms with Crippen LogP contribution in [-0.2, 0) is 6.54 Å². The van der Waals surface area contributed by atoms with Crippen molar-refractivity contribution in [1.82, 2.24) is 0 Å². The Morgan fingerprint density at radius 1 is 0.765 bits per heavy atom. The first-order chi connectivity index (χ1) is 7.38. The standard InChI is InChI=1S/C13H13BN.2H2O/c15-10-11-6-8-13(9-7-11)14-12-4-2-1-3-5-12;;/h1-9H,10,15H2;2*1H2. The van der Waals surface area contributed by atoms with Crippen molar-refractivity contribution in [2.75, 3.05) is 0 Å². The van der Waals surface area contributed by atoms with E-state index in [2.05, 4.69) is 43.7 Å². The molecule has 0 aliphatic heterocycles. The van der Waals surface area contributed by atoms with Gasteiger partial charge in [0.05, 0.1) is 0 Å².